The molecule has 0 aliphatic carbocycles. The molecule has 2 rings (SSSR count). The van der Waals surface area contributed by atoms with Gasteiger partial charge in [0.05, 0.1) is 17.3 Å². The predicted molar refractivity (Wildman–Crippen MR) is 73.8 cm³/mol. The summed E-state index contributed by atoms with van der Waals surface area (Å²) in [7, 11) is 2.03. The van der Waals surface area contributed by atoms with Gasteiger partial charge in [-0.25, -0.2) is 4.98 Å². The van der Waals surface area contributed by atoms with Crippen LogP contribution in [0.2, 0.25) is 0 Å². The Morgan fingerprint density at radius 1 is 1.56 bits per heavy atom. The predicted octanol–water partition coefficient (Wildman–Crippen LogP) is -0.159. The third-order valence-electron chi connectivity index (χ3n) is 3.12. The number of β-amino-alcohol motifs (C(OH)–C–C–N with tert-alkyl or cyclic N) is 1. The number of nitrogens with one attached hydrogen (secondary N) is 1. The minimum absolute atomic E-state index is 0.285. The molecule has 0 aromatic carbocycles. The molecule has 1 saturated heterocycles. The summed E-state index contributed by atoms with van der Waals surface area (Å²) in [5.41, 5.74) is 2.93. The zero-order valence-corrected chi connectivity index (χ0v) is 11.7. The van der Waals surface area contributed by atoms with E-state index in [4.69, 9.17) is 0 Å². The monoisotopic (exact) mass is 270 g/mol. The van der Waals surface area contributed by atoms with E-state index in [-0.39, 0.29) is 6.10 Å². The van der Waals surface area contributed by atoms with Gasteiger partial charge in [0.2, 0.25) is 0 Å². The molecule has 1 aromatic heterocycles. The van der Waals surface area contributed by atoms with Gasteiger partial charge in [-0.15, -0.1) is 11.3 Å². The fraction of sp³-hybridized carbons (Fsp3) is 0.750. The third kappa shape index (κ3) is 4.62. The summed E-state index contributed by atoms with van der Waals surface area (Å²) < 4.78 is 0. The van der Waals surface area contributed by atoms with Gasteiger partial charge in [-0.05, 0) is 7.05 Å². The van der Waals surface area contributed by atoms with Gasteiger partial charge >= 0.3 is 0 Å². The molecule has 18 heavy (non-hydrogen) atoms. The van der Waals surface area contributed by atoms with Crippen LogP contribution in [0.3, 0.4) is 0 Å². The molecule has 2 N–H and O–H groups in total. The lowest BCUT2D eigenvalue weighted by atomic mass is 10.2. The lowest BCUT2D eigenvalue weighted by Crippen LogP contribution is -2.48. The van der Waals surface area contributed by atoms with Crippen LogP contribution in [0.15, 0.2) is 10.9 Å². The molecule has 102 valence electrons. The lowest BCUT2D eigenvalue weighted by molar-refractivity contribution is 0.0749. The molecule has 0 radical (unpaired) electrons. The van der Waals surface area contributed by atoms with Crippen LogP contribution < -0.4 is 5.32 Å². The Balaban J connectivity index is 1.67. The largest absolute Gasteiger partial charge is 0.390 e. The highest BCUT2D eigenvalue weighted by Gasteiger charge is 2.15. The molecular formula is C12H22N4OS. The molecule has 0 bridgehead atoms. The van der Waals surface area contributed by atoms with E-state index in [0.29, 0.717) is 6.54 Å². The van der Waals surface area contributed by atoms with E-state index in [1.807, 2.05) is 12.6 Å². The number of hydrogen-bond donors (Lipinski definition) is 2. The Morgan fingerprint density at radius 3 is 3.00 bits per heavy atom. The minimum Gasteiger partial charge on any atom is -0.390 e. The summed E-state index contributed by atoms with van der Waals surface area (Å²) in [4.78, 5) is 8.70. The summed E-state index contributed by atoms with van der Waals surface area (Å²) in [6.07, 6.45) is -0.285. The van der Waals surface area contributed by atoms with Crippen molar-refractivity contribution in [3.05, 3.63) is 16.6 Å². The number of aliphatic hydroxyl groups excluding tert-OH is 1. The molecule has 1 aliphatic heterocycles. The molecule has 1 fully saturated rings. The van der Waals surface area contributed by atoms with Gasteiger partial charge in [-0.2, -0.15) is 0 Å². The molecule has 6 heteroatoms. The van der Waals surface area contributed by atoms with Crippen molar-refractivity contribution in [2.75, 3.05) is 46.3 Å². The molecule has 1 atom stereocenters. The maximum absolute atomic E-state index is 10.1. The SMILES string of the molecule is CN(Cc1cscn1)CC(O)CN1CCNCC1. The van der Waals surface area contributed by atoms with Gasteiger partial charge in [-0.3, -0.25) is 9.80 Å². The molecule has 2 heterocycles. The van der Waals surface area contributed by atoms with Gasteiger partial charge < -0.3 is 10.4 Å². The van der Waals surface area contributed by atoms with Crippen molar-refractivity contribution >= 4 is 11.3 Å². The second-order valence-corrected chi connectivity index (χ2v) is 5.60. The zero-order valence-electron chi connectivity index (χ0n) is 10.9. The maximum Gasteiger partial charge on any atom is 0.0795 e. The number of piperazine rings is 1. The highest BCUT2D eigenvalue weighted by molar-refractivity contribution is 7.07. The fourth-order valence-electron chi connectivity index (χ4n) is 2.27. The topological polar surface area (TPSA) is 51.6 Å². The van der Waals surface area contributed by atoms with Crippen LogP contribution >= 0.6 is 11.3 Å². The van der Waals surface area contributed by atoms with Crippen molar-refractivity contribution < 1.29 is 5.11 Å². The second-order valence-electron chi connectivity index (χ2n) is 4.88. The van der Waals surface area contributed by atoms with E-state index in [1.54, 1.807) is 11.3 Å². The van der Waals surface area contributed by atoms with Crippen LogP contribution in [0.5, 0.6) is 0 Å². The van der Waals surface area contributed by atoms with Crippen molar-refractivity contribution in [3.63, 3.8) is 0 Å². The highest BCUT2D eigenvalue weighted by Crippen LogP contribution is 2.05. The summed E-state index contributed by atoms with van der Waals surface area (Å²) in [6.45, 7) is 6.40. The summed E-state index contributed by atoms with van der Waals surface area (Å²) >= 11 is 1.61. The number of hydrogen-bond acceptors (Lipinski definition) is 6. The Kier molecular flexibility index (Phi) is 5.52. The van der Waals surface area contributed by atoms with E-state index in [0.717, 1.165) is 45.0 Å². The van der Waals surface area contributed by atoms with Gasteiger partial charge in [0.15, 0.2) is 0 Å². The summed E-state index contributed by atoms with van der Waals surface area (Å²) in [5.74, 6) is 0. The second kappa shape index (κ2) is 7.16. The van der Waals surface area contributed by atoms with Crippen LogP contribution in [0, 0.1) is 0 Å². The first-order chi connectivity index (χ1) is 8.74. The van der Waals surface area contributed by atoms with Crippen molar-refractivity contribution in [3.8, 4) is 0 Å². The molecule has 0 spiro atoms. The van der Waals surface area contributed by atoms with E-state index in [9.17, 15) is 5.11 Å². The third-order valence-corrected chi connectivity index (χ3v) is 3.75. The number of aromatic nitrogens is 1. The van der Waals surface area contributed by atoms with Crippen LogP contribution in [-0.4, -0.2) is 72.3 Å². The number of aliphatic hydroxyl groups is 1. The van der Waals surface area contributed by atoms with Crippen molar-refractivity contribution in [1.29, 1.82) is 0 Å². The first-order valence-corrected chi connectivity index (χ1v) is 7.35. The quantitative estimate of drug-likeness (QED) is 0.752. The van der Waals surface area contributed by atoms with Crippen LogP contribution in [0.25, 0.3) is 0 Å². The average molecular weight is 270 g/mol. The fourth-order valence-corrected chi connectivity index (χ4v) is 2.82. The Labute approximate surface area is 112 Å². The molecule has 1 unspecified atom stereocenters. The highest BCUT2D eigenvalue weighted by atomic mass is 32.1. The first-order valence-electron chi connectivity index (χ1n) is 6.41. The van der Waals surface area contributed by atoms with Crippen LogP contribution in [-0.2, 0) is 6.54 Å². The van der Waals surface area contributed by atoms with Gasteiger partial charge in [0.25, 0.3) is 0 Å². The van der Waals surface area contributed by atoms with E-state index < -0.39 is 0 Å². The Hall–Kier alpha value is -0.530. The normalized spacial score (nSPS) is 19.3. The molecule has 1 aliphatic rings. The van der Waals surface area contributed by atoms with E-state index >= 15 is 0 Å². The Morgan fingerprint density at radius 2 is 2.33 bits per heavy atom. The lowest BCUT2D eigenvalue weighted by Gasteiger charge is -2.30. The number of nitrogens with zero attached hydrogens (tertiary/aromatic N) is 3. The minimum atomic E-state index is -0.285. The maximum atomic E-state index is 10.1. The van der Waals surface area contributed by atoms with Crippen molar-refractivity contribution in [1.82, 2.24) is 20.1 Å². The van der Waals surface area contributed by atoms with E-state index in [2.05, 4.69) is 25.5 Å². The first kappa shape index (κ1) is 13.9. The molecule has 1 aromatic rings. The van der Waals surface area contributed by atoms with Gasteiger partial charge in [-0.1, -0.05) is 0 Å². The number of likely N-dealkylation sites (N-methyl/N-ethyl adjacent to an activating group) is 1. The standard InChI is InChI=1S/C12H22N4OS/c1-15(6-11-9-18-10-14-11)7-12(17)8-16-4-2-13-3-5-16/h9-10,12-13,17H,2-8H2,1H3. The average Bonchev–Trinajstić information content (AvgIpc) is 2.82. The van der Waals surface area contributed by atoms with E-state index in [1.165, 1.54) is 0 Å². The number of rotatable bonds is 6. The summed E-state index contributed by atoms with van der Waals surface area (Å²) in [6, 6.07) is 0. The van der Waals surface area contributed by atoms with Crippen LogP contribution in [0.4, 0.5) is 0 Å². The molecule has 0 amide bonds. The molecular weight excluding hydrogens is 248 g/mol. The van der Waals surface area contributed by atoms with Gasteiger partial charge in [0, 0.05) is 51.2 Å². The van der Waals surface area contributed by atoms with Gasteiger partial charge in [0.1, 0.15) is 0 Å². The smallest absolute Gasteiger partial charge is 0.0795 e. The van der Waals surface area contributed by atoms with Crippen LogP contribution in [0.1, 0.15) is 5.69 Å². The summed E-state index contributed by atoms with van der Waals surface area (Å²) in [5, 5.41) is 15.5. The van der Waals surface area contributed by atoms with Crippen molar-refractivity contribution in [2.45, 2.75) is 12.6 Å². The number of thiazole rings is 1. The van der Waals surface area contributed by atoms with Crippen molar-refractivity contribution in [2.24, 2.45) is 0 Å². The Bertz CT molecular complexity index is 327. The molecule has 5 nitrogen and oxygen atoms in total. The molecule has 0 saturated carbocycles. The zero-order chi connectivity index (χ0) is 12.8.